The molecule has 0 amide bonds. The third kappa shape index (κ3) is 4.57. The Morgan fingerprint density at radius 2 is 1.82 bits per heavy atom. The first-order valence-electron chi connectivity index (χ1n) is 6.34. The van der Waals surface area contributed by atoms with E-state index in [0.29, 0.717) is 12.8 Å². The van der Waals surface area contributed by atoms with Gasteiger partial charge in [-0.05, 0) is 18.7 Å². The number of alkyl halides is 3. The molecule has 1 saturated carbocycles. The van der Waals surface area contributed by atoms with Crippen molar-refractivity contribution >= 4 is 21.9 Å². The maximum Gasteiger partial charge on any atom is 0.518 e. The molecule has 0 aromatic heterocycles. The zero-order chi connectivity index (χ0) is 17.0. The van der Waals surface area contributed by atoms with E-state index in [-0.39, 0.29) is 19.6 Å². The van der Waals surface area contributed by atoms with Gasteiger partial charge in [0.05, 0.1) is 5.92 Å². The standard InChI is InChI=1S/C11H16F3NO6S/c1-20-6-21-10(17)8-5-3-2-4-7(8)9(16)15-22(18,19)11(12,13)14/h7-8H,2-6H2,1H3,(H,15,16)/p-1. The molecular weight excluding hydrogens is 331 g/mol. The lowest BCUT2D eigenvalue weighted by molar-refractivity contribution is -0.227. The van der Waals surface area contributed by atoms with Crippen LogP contribution in [0.2, 0.25) is 0 Å². The molecular formula is C11H15F3NO6S-. The number of hydrogen-bond acceptors (Lipinski definition) is 6. The number of rotatable bonds is 5. The topological polar surface area (TPSA) is 105 Å². The van der Waals surface area contributed by atoms with E-state index in [4.69, 9.17) is 0 Å². The predicted molar refractivity (Wildman–Crippen MR) is 65.8 cm³/mol. The molecule has 22 heavy (non-hydrogen) atoms. The van der Waals surface area contributed by atoms with Crippen LogP contribution in [0.3, 0.4) is 0 Å². The van der Waals surface area contributed by atoms with Gasteiger partial charge in [0.2, 0.25) is 0 Å². The lowest BCUT2D eigenvalue weighted by atomic mass is 9.79. The quantitative estimate of drug-likeness (QED) is 0.311. The summed E-state index contributed by atoms with van der Waals surface area (Å²) in [5.41, 5.74) is -5.65. The van der Waals surface area contributed by atoms with Crippen molar-refractivity contribution in [3.8, 4) is 0 Å². The van der Waals surface area contributed by atoms with E-state index in [9.17, 15) is 31.5 Å². The van der Waals surface area contributed by atoms with E-state index in [0.717, 1.165) is 0 Å². The second kappa shape index (κ2) is 7.27. The minimum absolute atomic E-state index is 0.0719. The number of esters is 1. The average Bonchev–Trinajstić information content (AvgIpc) is 2.43. The normalized spacial score (nSPS) is 24.1. The van der Waals surface area contributed by atoms with E-state index in [1.807, 2.05) is 0 Å². The Morgan fingerprint density at radius 3 is 2.32 bits per heavy atom. The second-order valence-electron chi connectivity index (χ2n) is 4.72. The van der Waals surface area contributed by atoms with Crippen LogP contribution in [0.4, 0.5) is 13.2 Å². The maximum absolute atomic E-state index is 12.2. The van der Waals surface area contributed by atoms with Crippen LogP contribution in [0.25, 0.3) is 0 Å². The maximum atomic E-state index is 12.2. The zero-order valence-corrected chi connectivity index (χ0v) is 12.4. The van der Waals surface area contributed by atoms with Crippen molar-refractivity contribution in [3.05, 3.63) is 0 Å². The highest BCUT2D eigenvalue weighted by molar-refractivity contribution is 7.91. The average molecular weight is 346 g/mol. The van der Waals surface area contributed by atoms with Crippen molar-refractivity contribution < 1.29 is 41.0 Å². The largest absolute Gasteiger partial charge is 0.861 e. The molecule has 1 fully saturated rings. The van der Waals surface area contributed by atoms with E-state index in [1.165, 1.54) is 7.11 Å². The molecule has 0 radical (unpaired) electrons. The highest BCUT2D eigenvalue weighted by Gasteiger charge is 2.46. The van der Waals surface area contributed by atoms with Crippen molar-refractivity contribution in [3.63, 3.8) is 0 Å². The van der Waals surface area contributed by atoms with Crippen LogP contribution in [0.15, 0.2) is 4.40 Å². The van der Waals surface area contributed by atoms with Crippen molar-refractivity contribution in [2.24, 2.45) is 16.2 Å². The molecule has 2 unspecified atom stereocenters. The van der Waals surface area contributed by atoms with Gasteiger partial charge in [-0.2, -0.15) is 26.0 Å². The Balaban J connectivity index is 2.97. The van der Waals surface area contributed by atoms with Crippen LogP contribution in [0.1, 0.15) is 25.7 Å². The van der Waals surface area contributed by atoms with Crippen molar-refractivity contribution in [2.75, 3.05) is 13.9 Å². The molecule has 2 atom stereocenters. The van der Waals surface area contributed by atoms with Gasteiger partial charge in [0.15, 0.2) is 6.79 Å². The molecule has 1 aliphatic rings. The first-order chi connectivity index (χ1) is 10.1. The van der Waals surface area contributed by atoms with E-state index in [2.05, 4.69) is 13.9 Å². The molecule has 0 bridgehead atoms. The Morgan fingerprint density at radius 1 is 1.27 bits per heavy atom. The summed E-state index contributed by atoms with van der Waals surface area (Å²) in [4.78, 5) is 11.8. The summed E-state index contributed by atoms with van der Waals surface area (Å²) >= 11 is 0. The van der Waals surface area contributed by atoms with Crippen LogP contribution >= 0.6 is 0 Å². The number of ether oxygens (including phenoxy) is 2. The van der Waals surface area contributed by atoms with E-state index in [1.54, 1.807) is 0 Å². The molecule has 0 aromatic carbocycles. The van der Waals surface area contributed by atoms with Crippen molar-refractivity contribution in [2.45, 2.75) is 31.2 Å². The molecule has 0 aliphatic heterocycles. The molecule has 7 nitrogen and oxygen atoms in total. The van der Waals surface area contributed by atoms with Crippen LogP contribution in [0, 0.1) is 11.8 Å². The van der Waals surface area contributed by atoms with Gasteiger partial charge < -0.3 is 14.6 Å². The summed E-state index contributed by atoms with van der Waals surface area (Å²) in [6.45, 7) is -0.367. The third-order valence-electron chi connectivity index (χ3n) is 3.21. The summed E-state index contributed by atoms with van der Waals surface area (Å²) in [5, 5.41) is 11.8. The summed E-state index contributed by atoms with van der Waals surface area (Å²) in [5.74, 6) is -4.56. The van der Waals surface area contributed by atoms with Gasteiger partial charge in [-0.25, -0.2) is 0 Å². The molecule has 0 heterocycles. The number of carbonyl (C=O) groups excluding carboxylic acids is 1. The zero-order valence-electron chi connectivity index (χ0n) is 11.6. The SMILES string of the molecule is COCOC(=O)C1CCCCC1/C([O-])=N/S(=O)(=O)C(F)(F)F. The van der Waals surface area contributed by atoms with Gasteiger partial charge in [-0.15, -0.1) is 0 Å². The highest BCUT2D eigenvalue weighted by Crippen LogP contribution is 2.32. The summed E-state index contributed by atoms with van der Waals surface area (Å²) in [6.07, 6.45) is 1.33. The van der Waals surface area contributed by atoms with Crippen LogP contribution < -0.4 is 5.11 Å². The van der Waals surface area contributed by atoms with E-state index < -0.39 is 39.2 Å². The fourth-order valence-electron chi connectivity index (χ4n) is 2.17. The molecule has 0 spiro atoms. The molecule has 1 aliphatic carbocycles. The van der Waals surface area contributed by atoms with E-state index >= 15 is 0 Å². The van der Waals surface area contributed by atoms with Crippen LogP contribution in [-0.2, 0) is 24.3 Å². The lowest BCUT2D eigenvalue weighted by Crippen LogP contribution is -2.41. The van der Waals surface area contributed by atoms with Gasteiger partial charge >= 0.3 is 21.5 Å². The number of nitrogens with zero attached hydrogens (tertiary/aromatic N) is 1. The Hall–Kier alpha value is -1.36. The summed E-state index contributed by atoms with van der Waals surface area (Å²) in [7, 11) is -4.65. The molecule has 11 heteroatoms. The highest BCUT2D eigenvalue weighted by atomic mass is 32.2. The first-order valence-corrected chi connectivity index (χ1v) is 7.78. The van der Waals surface area contributed by atoms with Gasteiger partial charge in [-0.3, -0.25) is 4.79 Å². The Labute approximate surface area is 125 Å². The monoisotopic (exact) mass is 346 g/mol. The number of methoxy groups -OCH3 is 1. The molecule has 0 saturated heterocycles. The minimum Gasteiger partial charge on any atom is -0.861 e. The number of halogens is 3. The van der Waals surface area contributed by atoms with Crippen molar-refractivity contribution in [1.29, 1.82) is 0 Å². The molecule has 128 valence electrons. The summed E-state index contributed by atoms with van der Waals surface area (Å²) < 4.78 is 70.0. The van der Waals surface area contributed by atoms with Crippen molar-refractivity contribution in [1.82, 2.24) is 0 Å². The fourth-order valence-corrected chi connectivity index (χ4v) is 2.65. The lowest BCUT2D eigenvalue weighted by Gasteiger charge is -2.33. The molecule has 0 N–H and O–H groups in total. The number of sulfonamides is 1. The number of hydrogen-bond donors (Lipinski definition) is 0. The fraction of sp³-hybridized carbons (Fsp3) is 0.818. The van der Waals surface area contributed by atoms with Gasteiger partial charge in [0.25, 0.3) is 0 Å². The summed E-state index contributed by atoms with van der Waals surface area (Å²) in [6, 6.07) is 0. The first kappa shape index (κ1) is 18.7. The minimum atomic E-state index is -5.91. The van der Waals surface area contributed by atoms with Gasteiger partial charge in [-0.1, -0.05) is 12.8 Å². The predicted octanol–water partition coefficient (Wildman–Crippen LogP) is 0.548. The van der Waals surface area contributed by atoms with Gasteiger partial charge in [0.1, 0.15) is 0 Å². The number of carbonyl (C=O) groups is 1. The Bertz CT molecular complexity index is 530. The van der Waals surface area contributed by atoms with Gasteiger partial charge in [0, 0.05) is 13.0 Å². The smallest absolute Gasteiger partial charge is 0.518 e. The second-order valence-corrected chi connectivity index (χ2v) is 6.31. The Kier molecular flexibility index (Phi) is 6.17. The molecule has 0 aromatic rings. The van der Waals surface area contributed by atoms with Crippen LogP contribution in [0.5, 0.6) is 0 Å². The third-order valence-corrected chi connectivity index (χ3v) is 4.21. The molecule has 1 rings (SSSR count). The van der Waals surface area contributed by atoms with Crippen LogP contribution in [-0.4, -0.2) is 39.7 Å².